The van der Waals surface area contributed by atoms with Gasteiger partial charge in [0.25, 0.3) is 0 Å². The van der Waals surface area contributed by atoms with Crippen LogP contribution >= 0.6 is 0 Å². The van der Waals surface area contributed by atoms with Gasteiger partial charge < -0.3 is 33.7 Å². The molecule has 39 heavy (non-hydrogen) atoms. The SMILES string of the molecule is COc1ccc2c(c1)O[C@@H](c1ccc(OC)c(OC)c1)C[C@H]2NC(=O)C1(c2ccc3c(c2)OC(F)(F)O3)CC1. The molecule has 3 aliphatic rings. The number of alkyl halides is 2. The predicted molar refractivity (Wildman–Crippen MR) is 135 cm³/mol. The van der Waals surface area contributed by atoms with Crippen molar-refractivity contribution in [2.45, 2.75) is 43.1 Å². The van der Waals surface area contributed by atoms with Crippen LogP contribution in [0.3, 0.4) is 0 Å². The molecule has 10 heteroatoms. The Balaban J connectivity index is 1.29. The van der Waals surface area contributed by atoms with Crippen LogP contribution in [0.4, 0.5) is 8.78 Å². The lowest BCUT2D eigenvalue weighted by molar-refractivity contribution is -0.286. The summed E-state index contributed by atoms with van der Waals surface area (Å²) in [5, 5.41) is 3.21. The normalized spacial score (nSPS) is 21.3. The molecule has 2 aliphatic heterocycles. The molecule has 2 heterocycles. The summed E-state index contributed by atoms with van der Waals surface area (Å²) >= 11 is 0. The summed E-state index contributed by atoms with van der Waals surface area (Å²) in [6, 6.07) is 15.2. The molecule has 1 N–H and O–H groups in total. The van der Waals surface area contributed by atoms with Gasteiger partial charge in [-0.2, -0.15) is 0 Å². The molecule has 3 aromatic carbocycles. The van der Waals surface area contributed by atoms with Crippen molar-refractivity contribution in [3.8, 4) is 34.5 Å². The van der Waals surface area contributed by atoms with Gasteiger partial charge in [-0.1, -0.05) is 12.1 Å². The van der Waals surface area contributed by atoms with Crippen molar-refractivity contribution in [3.63, 3.8) is 0 Å². The number of ether oxygens (including phenoxy) is 6. The second-order valence-electron chi connectivity index (χ2n) is 9.80. The first-order valence-corrected chi connectivity index (χ1v) is 12.5. The fraction of sp³-hybridized carbons (Fsp3) is 0.345. The molecule has 3 aromatic rings. The highest BCUT2D eigenvalue weighted by Gasteiger charge is 2.53. The van der Waals surface area contributed by atoms with Crippen molar-refractivity contribution >= 4 is 5.91 Å². The Hall–Kier alpha value is -4.21. The van der Waals surface area contributed by atoms with Crippen molar-refractivity contribution < 1.29 is 42.0 Å². The van der Waals surface area contributed by atoms with Crippen LogP contribution < -0.4 is 33.7 Å². The Bertz CT molecular complexity index is 1440. The van der Waals surface area contributed by atoms with Crippen LogP contribution in [0.15, 0.2) is 54.6 Å². The van der Waals surface area contributed by atoms with Gasteiger partial charge in [0.15, 0.2) is 23.0 Å². The maximum atomic E-state index is 13.8. The number of fused-ring (bicyclic) bond motifs is 2. The summed E-state index contributed by atoms with van der Waals surface area (Å²) in [5.74, 6) is 2.08. The number of methoxy groups -OCH3 is 3. The van der Waals surface area contributed by atoms with E-state index in [0.29, 0.717) is 47.8 Å². The number of hydrogen-bond acceptors (Lipinski definition) is 7. The molecular formula is C29H27F2NO7. The molecule has 6 rings (SSSR count). The van der Waals surface area contributed by atoms with Crippen LogP contribution in [0, 0.1) is 0 Å². The van der Waals surface area contributed by atoms with E-state index in [1.165, 1.54) is 12.1 Å². The standard InChI is InChI=1S/C29H27F2NO7/c1-34-18-6-7-19-20(15-23(37-24(19)14-18)16-4-8-21(35-2)25(12-16)36-3)32-27(33)28(10-11-28)17-5-9-22-26(13-17)39-29(30,31)38-22/h4-9,12-14,20,23H,10-11,15H2,1-3H3,(H,32,33)/t20-,23-/m1/s1. The zero-order chi connectivity index (χ0) is 27.4. The largest absolute Gasteiger partial charge is 0.586 e. The Morgan fingerprint density at radius 1 is 0.872 bits per heavy atom. The zero-order valence-electron chi connectivity index (χ0n) is 21.6. The summed E-state index contributed by atoms with van der Waals surface area (Å²) in [6.07, 6.45) is -2.47. The Morgan fingerprint density at radius 2 is 1.64 bits per heavy atom. The van der Waals surface area contributed by atoms with Gasteiger partial charge in [-0.3, -0.25) is 4.79 Å². The second-order valence-corrected chi connectivity index (χ2v) is 9.80. The van der Waals surface area contributed by atoms with Gasteiger partial charge in [-0.05, 0) is 60.4 Å². The van der Waals surface area contributed by atoms with Crippen LogP contribution in [-0.4, -0.2) is 33.5 Å². The molecule has 1 fully saturated rings. The van der Waals surface area contributed by atoms with Gasteiger partial charge >= 0.3 is 6.29 Å². The molecule has 0 bridgehead atoms. The third kappa shape index (κ3) is 4.43. The molecule has 8 nitrogen and oxygen atoms in total. The van der Waals surface area contributed by atoms with Gasteiger partial charge in [0, 0.05) is 18.1 Å². The average Bonchev–Trinajstić information content (AvgIpc) is 3.69. The van der Waals surface area contributed by atoms with Crippen molar-refractivity contribution in [2.75, 3.05) is 21.3 Å². The quantitative estimate of drug-likeness (QED) is 0.428. The topological polar surface area (TPSA) is 84.5 Å². The van der Waals surface area contributed by atoms with Gasteiger partial charge in [0.05, 0.1) is 32.8 Å². The van der Waals surface area contributed by atoms with Crippen LogP contribution in [0.1, 0.15) is 48.1 Å². The third-order valence-electron chi connectivity index (χ3n) is 7.54. The number of benzene rings is 3. The van der Waals surface area contributed by atoms with Crippen LogP contribution in [0.5, 0.6) is 34.5 Å². The predicted octanol–water partition coefficient (Wildman–Crippen LogP) is 5.45. The van der Waals surface area contributed by atoms with Crippen molar-refractivity contribution in [3.05, 3.63) is 71.3 Å². The number of hydrogen-bond donors (Lipinski definition) is 1. The first-order valence-electron chi connectivity index (χ1n) is 12.5. The molecule has 0 saturated heterocycles. The van der Waals surface area contributed by atoms with E-state index in [-0.39, 0.29) is 23.4 Å². The van der Waals surface area contributed by atoms with Gasteiger partial charge in [0.2, 0.25) is 5.91 Å². The van der Waals surface area contributed by atoms with Crippen LogP contribution in [0.25, 0.3) is 0 Å². The highest BCUT2D eigenvalue weighted by molar-refractivity contribution is 5.92. The minimum absolute atomic E-state index is 0.0509. The first-order chi connectivity index (χ1) is 18.7. The molecule has 0 aromatic heterocycles. The Morgan fingerprint density at radius 3 is 2.36 bits per heavy atom. The van der Waals surface area contributed by atoms with Gasteiger partial charge in [-0.25, -0.2) is 0 Å². The summed E-state index contributed by atoms with van der Waals surface area (Å²) < 4.78 is 58.8. The Kier molecular flexibility index (Phi) is 5.93. The average molecular weight is 540 g/mol. The number of carbonyl (C=O) groups excluding carboxylic acids is 1. The highest BCUT2D eigenvalue weighted by Crippen LogP contribution is 2.53. The number of carbonyl (C=O) groups is 1. The molecule has 1 aliphatic carbocycles. The van der Waals surface area contributed by atoms with E-state index in [0.717, 1.165) is 11.1 Å². The van der Waals surface area contributed by atoms with Crippen LogP contribution in [0.2, 0.25) is 0 Å². The number of nitrogens with one attached hydrogen (secondary N) is 1. The fourth-order valence-corrected chi connectivity index (χ4v) is 5.28. The maximum absolute atomic E-state index is 13.8. The molecule has 1 amide bonds. The molecule has 0 spiro atoms. The lowest BCUT2D eigenvalue weighted by Crippen LogP contribution is -2.39. The zero-order valence-corrected chi connectivity index (χ0v) is 21.6. The number of rotatable bonds is 7. The second kappa shape index (κ2) is 9.21. The van der Waals surface area contributed by atoms with Gasteiger partial charge in [-0.15, -0.1) is 8.78 Å². The minimum atomic E-state index is -3.72. The number of halogens is 2. The summed E-state index contributed by atoms with van der Waals surface area (Å²) in [7, 11) is 4.72. The van der Waals surface area contributed by atoms with E-state index < -0.39 is 17.8 Å². The van der Waals surface area contributed by atoms with E-state index >= 15 is 0 Å². The molecule has 204 valence electrons. The summed E-state index contributed by atoms with van der Waals surface area (Å²) in [4.78, 5) is 13.8. The molecule has 0 unspecified atom stereocenters. The van der Waals surface area contributed by atoms with Crippen LogP contribution in [-0.2, 0) is 10.2 Å². The van der Waals surface area contributed by atoms with E-state index in [2.05, 4.69) is 14.8 Å². The van der Waals surface area contributed by atoms with E-state index in [1.54, 1.807) is 33.5 Å². The molecule has 0 radical (unpaired) electrons. The van der Waals surface area contributed by atoms with E-state index in [4.69, 9.17) is 18.9 Å². The highest BCUT2D eigenvalue weighted by atomic mass is 19.3. The summed E-state index contributed by atoms with van der Waals surface area (Å²) in [5.41, 5.74) is 1.46. The maximum Gasteiger partial charge on any atom is 0.586 e. The van der Waals surface area contributed by atoms with Crippen molar-refractivity contribution in [1.82, 2.24) is 5.32 Å². The van der Waals surface area contributed by atoms with E-state index in [1.807, 2.05) is 30.3 Å². The van der Waals surface area contributed by atoms with Crippen molar-refractivity contribution in [2.24, 2.45) is 0 Å². The first kappa shape index (κ1) is 25.1. The summed E-state index contributed by atoms with van der Waals surface area (Å²) in [6.45, 7) is 0. The van der Waals surface area contributed by atoms with Gasteiger partial charge in [0.1, 0.15) is 17.6 Å². The molecule has 2 atom stereocenters. The molecule has 1 saturated carbocycles. The monoisotopic (exact) mass is 539 g/mol. The molecular weight excluding hydrogens is 512 g/mol. The smallest absolute Gasteiger partial charge is 0.497 e. The lowest BCUT2D eigenvalue weighted by Gasteiger charge is -2.34. The fourth-order valence-electron chi connectivity index (χ4n) is 5.28. The van der Waals surface area contributed by atoms with E-state index in [9.17, 15) is 13.6 Å². The Labute approximate surface area is 223 Å². The lowest BCUT2D eigenvalue weighted by atomic mass is 9.90. The minimum Gasteiger partial charge on any atom is -0.497 e. The third-order valence-corrected chi connectivity index (χ3v) is 7.54. The van der Waals surface area contributed by atoms with Crippen molar-refractivity contribution in [1.29, 1.82) is 0 Å². The number of amides is 1.